The van der Waals surface area contributed by atoms with Gasteiger partial charge in [0.2, 0.25) is 11.8 Å². The maximum atomic E-state index is 13.4. The molecule has 0 saturated carbocycles. The molecule has 1 aliphatic heterocycles. The first kappa shape index (κ1) is 26.3. The fourth-order valence-corrected chi connectivity index (χ4v) is 5.30. The Morgan fingerprint density at radius 3 is 2.59 bits per heavy atom. The Labute approximate surface area is 219 Å². The number of ether oxygens (including phenoxy) is 1. The largest absolute Gasteiger partial charge is 0.494 e. The number of amidine groups is 1. The number of likely N-dealkylation sites (tertiary alicyclic amines) is 1. The molecule has 2 atom stereocenters. The maximum absolute atomic E-state index is 13.4. The average molecular weight is 523 g/mol. The third kappa shape index (κ3) is 7.16. The smallest absolute Gasteiger partial charge is 0.243 e. The number of rotatable bonds is 11. The average Bonchev–Trinajstić information content (AvgIpc) is 3.56. The minimum Gasteiger partial charge on any atom is -0.494 e. The number of nitrogen functional groups attached to an aromatic ring is 1. The number of carbonyl (C=O) groups is 2. The van der Waals surface area contributed by atoms with Crippen molar-refractivity contribution in [3.05, 3.63) is 87.9 Å². The van der Waals surface area contributed by atoms with Crippen LogP contribution in [-0.2, 0) is 16.1 Å². The van der Waals surface area contributed by atoms with Crippen molar-refractivity contribution in [2.24, 2.45) is 5.73 Å². The van der Waals surface area contributed by atoms with Crippen LogP contribution in [0, 0.1) is 11.2 Å². The Hall–Kier alpha value is -3.72. The summed E-state index contributed by atoms with van der Waals surface area (Å²) in [5.41, 5.74) is 7.07. The topological polar surface area (TPSA) is 109 Å². The van der Waals surface area contributed by atoms with E-state index in [0.29, 0.717) is 44.5 Å². The first-order valence-corrected chi connectivity index (χ1v) is 13.2. The first-order valence-electron chi connectivity index (χ1n) is 12.3. The molecule has 0 spiro atoms. The molecule has 194 valence electrons. The van der Waals surface area contributed by atoms with Gasteiger partial charge < -0.3 is 20.7 Å². The van der Waals surface area contributed by atoms with E-state index in [1.165, 1.54) is 23.5 Å². The van der Waals surface area contributed by atoms with Gasteiger partial charge in [-0.3, -0.25) is 15.0 Å². The van der Waals surface area contributed by atoms with Gasteiger partial charge in [0.05, 0.1) is 13.2 Å². The second-order valence-corrected chi connectivity index (χ2v) is 10.1. The molecule has 7 nitrogen and oxygen atoms in total. The molecule has 37 heavy (non-hydrogen) atoms. The highest BCUT2D eigenvalue weighted by atomic mass is 32.1. The fourth-order valence-electron chi connectivity index (χ4n) is 4.47. The SMILES string of the molecule is N=C(N)c1csc(CNC(=O)C2C[C@@H](c3ccc(F)cc3)CN2C(=O)CCCCOc2ccccc2)c1. The number of thiophene rings is 1. The lowest BCUT2D eigenvalue weighted by atomic mass is 9.96. The summed E-state index contributed by atoms with van der Waals surface area (Å²) >= 11 is 1.42. The molecule has 4 N–H and O–H groups in total. The van der Waals surface area contributed by atoms with Crippen molar-refractivity contribution in [1.82, 2.24) is 10.2 Å². The van der Waals surface area contributed by atoms with Gasteiger partial charge in [-0.05, 0) is 55.2 Å². The summed E-state index contributed by atoms with van der Waals surface area (Å²) in [5, 5.41) is 12.3. The molecular weight excluding hydrogens is 491 g/mol. The van der Waals surface area contributed by atoms with Crippen LogP contribution < -0.4 is 15.8 Å². The second kappa shape index (κ2) is 12.5. The third-order valence-electron chi connectivity index (χ3n) is 6.46. The summed E-state index contributed by atoms with van der Waals surface area (Å²) in [6, 6.07) is 17.0. The molecule has 1 aromatic heterocycles. The van der Waals surface area contributed by atoms with Crippen LogP contribution in [0.25, 0.3) is 0 Å². The van der Waals surface area contributed by atoms with Crippen LogP contribution in [0.5, 0.6) is 5.75 Å². The summed E-state index contributed by atoms with van der Waals surface area (Å²) in [5.74, 6) is 0.129. The van der Waals surface area contributed by atoms with E-state index in [1.807, 2.05) is 30.3 Å². The molecule has 1 fully saturated rings. The normalized spacial score (nSPS) is 16.9. The predicted molar refractivity (Wildman–Crippen MR) is 142 cm³/mol. The zero-order valence-corrected chi connectivity index (χ0v) is 21.3. The zero-order valence-electron chi connectivity index (χ0n) is 20.5. The Kier molecular flexibility index (Phi) is 8.90. The fraction of sp³-hybridized carbons (Fsp3) is 0.321. The van der Waals surface area contributed by atoms with Crippen molar-refractivity contribution >= 4 is 29.0 Å². The van der Waals surface area contributed by atoms with E-state index in [2.05, 4.69) is 5.32 Å². The van der Waals surface area contributed by atoms with Crippen LogP contribution in [0.3, 0.4) is 0 Å². The molecule has 9 heteroatoms. The van der Waals surface area contributed by atoms with Crippen LogP contribution in [0.4, 0.5) is 4.39 Å². The lowest BCUT2D eigenvalue weighted by Crippen LogP contribution is -2.45. The van der Waals surface area contributed by atoms with E-state index in [9.17, 15) is 14.0 Å². The molecule has 2 aromatic carbocycles. The van der Waals surface area contributed by atoms with Crippen molar-refractivity contribution in [3.8, 4) is 5.75 Å². The molecule has 1 aliphatic rings. The van der Waals surface area contributed by atoms with Gasteiger partial charge >= 0.3 is 0 Å². The van der Waals surface area contributed by atoms with Crippen molar-refractivity contribution in [2.45, 2.75) is 44.2 Å². The van der Waals surface area contributed by atoms with E-state index in [0.717, 1.165) is 22.6 Å². The Morgan fingerprint density at radius 1 is 1.14 bits per heavy atom. The van der Waals surface area contributed by atoms with Gasteiger partial charge in [-0.15, -0.1) is 11.3 Å². The number of para-hydroxylation sites is 1. The number of hydrogen-bond donors (Lipinski definition) is 3. The molecule has 2 heterocycles. The van der Waals surface area contributed by atoms with E-state index < -0.39 is 6.04 Å². The number of nitrogens with two attached hydrogens (primary N) is 1. The number of benzene rings is 2. The molecule has 1 unspecified atom stereocenters. The summed E-state index contributed by atoms with van der Waals surface area (Å²) in [6.07, 6.45) is 2.18. The van der Waals surface area contributed by atoms with Gasteiger partial charge in [0.1, 0.15) is 23.4 Å². The standard InChI is InChI=1S/C28H31FN4O3S/c29-22-11-9-19(10-12-22)20-15-25(28(35)32-16-24-14-21(18-37-24)27(30)31)33(17-20)26(34)8-4-5-13-36-23-6-2-1-3-7-23/h1-3,6-7,9-12,14,18,20,25H,4-5,8,13,15-17H2,(H3,30,31)(H,32,35)/t20-,25?/m1/s1. The van der Waals surface area contributed by atoms with Crippen LogP contribution in [0.15, 0.2) is 66.0 Å². The molecule has 3 aromatic rings. The van der Waals surface area contributed by atoms with E-state index >= 15 is 0 Å². The van der Waals surface area contributed by atoms with E-state index in [4.69, 9.17) is 15.9 Å². The van der Waals surface area contributed by atoms with Gasteiger partial charge in [0.25, 0.3) is 0 Å². The molecule has 0 aliphatic carbocycles. The lowest BCUT2D eigenvalue weighted by molar-refractivity contribution is -0.138. The number of nitrogens with one attached hydrogen (secondary N) is 2. The second-order valence-electron chi connectivity index (χ2n) is 9.10. The molecule has 0 radical (unpaired) electrons. The third-order valence-corrected chi connectivity index (χ3v) is 7.40. The number of hydrogen-bond acceptors (Lipinski definition) is 5. The van der Waals surface area contributed by atoms with Gasteiger partial charge in [-0.1, -0.05) is 30.3 Å². The van der Waals surface area contributed by atoms with Crippen molar-refractivity contribution in [1.29, 1.82) is 5.41 Å². The van der Waals surface area contributed by atoms with Gasteiger partial charge in [0.15, 0.2) is 0 Å². The highest BCUT2D eigenvalue weighted by Crippen LogP contribution is 2.33. The van der Waals surface area contributed by atoms with Gasteiger partial charge in [0, 0.05) is 34.7 Å². The molecule has 2 amide bonds. The highest BCUT2D eigenvalue weighted by molar-refractivity contribution is 7.10. The minimum atomic E-state index is -0.602. The molecule has 4 rings (SSSR count). The first-order chi connectivity index (χ1) is 17.9. The summed E-state index contributed by atoms with van der Waals surface area (Å²) in [4.78, 5) is 28.9. The Morgan fingerprint density at radius 2 is 1.89 bits per heavy atom. The van der Waals surface area contributed by atoms with Crippen LogP contribution >= 0.6 is 11.3 Å². The number of halogens is 1. The van der Waals surface area contributed by atoms with E-state index in [-0.39, 0.29) is 29.4 Å². The van der Waals surface area contributed by atoms with Gasteiger partial charge in [-0.2, -0.15) is 0 Å². The quantitative estimate of drug-likeness (QED) is 0.197. The van der Waals surface area contributed by atoms with Crippen LogP contribution in [0.1, 0.15) is 47.6 Å². The van der Waals surface area contributed by atoms with Crippen LogP contribution in [-0.4, -0.2) is 41.7 Å². The van der Waals surface area contributed by atoms with Gasteiger partial charge in [-0.25, -0.2) is 4.39 Å². The monoisotopic (exact) mass is 522 g/mol. The summed E-state index contributed by atoms with van der Waals surface area (Å²) in [6.45, 7) is 1.23. The van der Waals surface area contributed by atoms with Crippen molar-refractivity contribution in [3.63, 3.8) is 0 Å². The summed E-state index contributed by atoms with van der Waals surface area (Å²) in [7, 11) is 0. The van der Waals surface area contributed by atoms with Crippen LogP contribution in [0.2, 0.25) is 0 Å². The lowest BCUT2D eigenvalue weighted by Gasteiger charge is -2.24. The number of amides is 2. The number of carbonyl (C=O) groups excluding carboxylic acids is 2. The minimum absolute atomic E-state index is 0.0160. The Bertz CT molecular complexity index is 1220. The predicted octanol–water partition coefficient (Wildman–Crippen LogP) is 4.42. The Balaban J connectivity index is 1.35. The van der Waals surface area contributed by atoms with E-state index in [1.54, 1.807) is 28.5 Å². The maximum Gasteiger partial charge on any atom is 0.243 e. The molecule has 0 bridgehead atoms. The summed E-state index contributed by atoms with van der Waals surface area (Å²) < 4.78 is 19.2. The molecule has 1 saturated heterocycles. The van der Waals surface area contributed by atoms with Crippen molar-refractivity contribution in [2.75, 3.05) is 13.2 Å². The van der Waals surface area contributed by atoms with Crippen molar-refractivity contribution < 1.29 is 18.7 Å². The number of nitrogens with zero attached hydrogens (tertiary/aromatic N) is 1. The highest BCUT2D eigenvalue weighted by Gasteiger charge is 2.39. The number of unbranched alkanes of at least 4 members (excludes halogenated alkanes) is 1. The molecular formula is C28H31FN4O3S. The zero-order chi connectivity index (χ0) is 26.2.